The van der Waals surface area contributed by atoms with Gasteiger partial charge in [0, 0.05) is 31.4 Å². The van der Waals surface area contributed by atoms with E-state index in [1.54, 1.807) is 24.4 Å². The number of amides is 1. The lowest BCUT2D eigenvalue weighted by molar-refractivity contribution is -0.234. The van der Waals surface area contributed by atoms with Crippen LogP contribution >= 0.6 is 0 Å². The fraction of sp³-hybridized carbons (Fsp3) is 0.462. The number of H-pyrrole nitrogens is 1. The van der Waals surface area contributed by atoms with Crippen LogP contribution in [-0.4, -0.2) is 75.3 Å². The summed E-state index contributed by atoms with van der Waals surface area (Å²) in [6.07, 6.45) is 3.99. The number of aliphatic hydroxyl groups excluding tert-OH is 1. The fourth-order valence-corrected chi connectivity index (χ4v) is 4.63. The van der Waals surface area contributed by atoms with Gasteiger partial charge in [-0.15, -0.1) is 0 Å². The van der Waals surface area contributed by atoms with Gasteiger partial charge in [0.05, 0.1) is 42.3 Å². The lowest BCUT2D eigenvalue weighted by Gasteiger charge is -2.40. The van der Waals surface area contributed by atoms with E-state index in [4.69, 9.17) is 19.6 Å². The second kappa shape index (κ2) is 10.9. The number of hydrogen-bond donors (Lipinski definition) is 3. The van der Waals surface area contributed by atoms with E-state index in [0.29, 0.717) is 41.0 Å². The summed E-state index contributed by atoms with van der Waals surface area (Å²) < 4.78 is 25.7. The van der Waals surface area contributed by atoms with Gasteiger partial charge < -0.3 is 29.8 Å². The summed E-state index contributed by atoms with van der Waals surface area (Å²) in [5.41, 5.74) is 1.61. The number of anilines is 1. The third-order valence-electron chi connectivity index (χ3n) is 6.64. The van der Waals surface area contributed by atoms with E-state index in [-0.39, 0.29) is 31.5 Å². The normalized spacial score (nSPS) is 22.1. The van der Waals surface area contributed by atoms with Crippen LogP contribution in [0.4, 0.5) is 10.3 Å². The van der Waals surface area contributed by atoms with Gasteiger partial charge in [-0.3, -0.25) is 4.79 Å². The van der Waals surface area contributed by atoms with Gasteiger partial charge in [0.2, 0.25) is 18.1 Å². The standard InChI is InChI=1S/C26H31FN6O4/c1-26(24(35)33-12-3-2-4-13-33)15-36-23(37-16-26)22-31-20(17-5-7-18(27)8-6-17)21(32-22)19-9-10-28-25(30-19)29-11-14-34/h5-10,23,34H,2-4,11-16H2,1H3,(H,31,32)(H,28,29,30). The van der Waals surface area contributed by atoms with Crippen molar-refractivity contribution >= 4 is 11.9 Å². The Kier molecular flexibility index (Phi) is 7.45. The molecular formula is C26H31FN6O4. The van der Waals surface area contributed by atoms with Crippen LogP contribution in [0, 0.1) is 11.2 Å². The number of aliphatic hydroxyl groups is 1. The molecule has 4 heterocycles. The molecule has 2 fully saturated rings. The Balaban J connectivity index is 1.40. The summed E-state index contributed by atoms with van der Waals surface area (Å²) in [4.78, 5) is 31.8. The molecule has 0 aliphatic carbocycles. The summed E-state index contributed by atoms with van der Waals surface area (Å²) in [5.74, 6) is 0.479. The molecule has 5 rings (SSSR count). The Morgan fingerprint density at radius 2 is 1.89 bits per heavy atom. The van der Waals surface area contributed by atoms with Crippen molar-refractivity contribution in [2.24, 2.45) is 5.41 Å². The molecule has 37 heavy (non-hydrogen) atoms. The summed E-state index contributed by atoms with van der Waals surface area (Å²) in [6, 6.07) is 7.74. The third kappa shape index (κ3) is 5.48. The fourth-order valence-electron chi connectivity index (χ4n) is 4.63. The minimum absolute atomic E-state index is 0.0571. The van der Waals surface area contributed by atoms with Crippen LogP contribution < -0.4 is 5.32 Å². The molecule has 0 bridgehead atoms. The average molecular weight is 511 g/mol. The molecule has 0 atom stereocenters. The first kappa shape index (κ1) is 25.2. The van der Waals surface area contributed by atoms with E-state index in [1.165, 1.54) is 12.1 Å². The number of aromatic amines is 1. The first-order chi connectivity index (χ1) is 18.0. The number of carbonyl (C=O) groups excluding carboxylic acids is 1. The quantitative estimate of drug-likeness (QED) is 0.443. The molecule has 0 saturated carbocycles. The highest BCUT2D eigenvalue weighted by molar-refractivity contribution is 5.83. The zero-order valence-corrected chi connectivity index (χ0v) is 20.7. The smallest absolute Gasteiger partial charge is 0.233 e. The van der Waals surface area contributed by atoms with Gasteiger partial charge in [-0.05, 0) is 56.5 Å². The molecule has 2 aromatic heterocycles. The molecular weight excluding hydrogens is 479 g/mol. The third-order valence-corrected chi connectivity index (χ3v) is 6.64. The highest BCUT2D eigenvalue weighted by atomic mass is 19.1. The van der Waals surface area contributed by atoms with Gasteiger partial charge in [0.25, 0.3) is 0 Å². The van der Waals surface area contributed by atoms with E-state index in [0.717, 1.165) is 32.4 Å². The first-order valence-corrected chi connectivity index (χ1v) is 12.5. The Hall–Kier alpha value is -3.41. The van der Waals surface area contributed by atoms with Crippen molar-refractivity contribution in [2.45, 2.75) is 32.5 Å². The molecule has 1 amide bonds. The summed E-state index contributed by atoms with van der Waals surface area (Å²) in [7, 11) is 0. The first-order valence-electron chi connectivity index (χ1n) is 12.5. The molecule has 2 aliphatic rings. The number of piperidine rings is 1. The van der Waals surface area contributed by atoms with Crippen molar-refractivity contribution in [3.63, 3.8) is 0 Å². The largest absolute Gasteiger partial charge is 0.395 e. The number of aromatic nitrogens is 4. The van der Waals surface area contributed by atoms with Crippen molar-refractivity contribution in [1.82, 2.24) is 24.8 Å². The lowest BCUT2D eigenvalue weighted by Crippen LogP contribution is -2.51. The van der Waals surface area contributed by atoms with Crippen molar-refractivity contribution < 1.29 is 23.8 Å². The SMILES string of the molecule is CC1(C(=O)N2CCCCC2)COC(c2nc(-c3ccc(F)cc3)c(-c3ccnc(NCCO)n3)[nH]2)OC1. The second-order valence-electron chi connectivity index (χ2n) is 9.64. The summed E-state index contributed by atoms with van der Waals surface area (Å²) in [5, 5.41) is 12.1. The highest BCUT2D eigenvalue weighted by Gasteiger charge is 2.43. The van der Waals surface area contributed by atoms with Crippen LogP contribution in [0.2, 0.25) is 0 Å². The number of imidazole rings is 1. The average Bonchev–Trinajstić information content (AvgIpc) is 3.38. The monoisotopic (exact) mass is 510 g/mol. The Morgan fingerprint density at radius 1 is 1.16 bits per heavy atom. The van der Waals surface area contributed by atoms with Crippen molar-refractivity contribution in [3.8, 4) is 22.6 Å². The number of halogens is 1. The van der Waals surface area contributed by atoms with E-state index < -0.39 is 11.7 Å². The van der Waals surface area contributed by atoms with E-state index >= 15 is 0 Å². The van der Waals surface area contributed by atoms with Crippen molar-refractivity contribution in [1.29, 1.82) is 0 Å². The van der Waals surface area contributed by atoms with Gasteiger partial charge >= 0.3 is 0 Å². The highest BCUT2D eigenvalue weighted by Crippen LogP contribution is 2.36. The van der Waals surface area contributed by atoms with Crippen LogP contribution in [0.1, 0.15) is 38.3 Å². The van der Waals surface area contributed by atoms with Crippen LogP contribution in [0.3, 0.4) is 0 Å². The van der Waals surface area contributed by atoms with Gasteiger partial charge in [0.1, 0.15) is 5.82 Å². The molecule has 2 saturated heterocycles. The van der Waals surface area contributed by atoms with Crippen LogP contribution in [0.15, 0.2) is 36.5 Å². The minimum Gasteiger partial charge on any atom is -0.395 e. The number of likely N-dealkylation sites (tertiary alicyclic amines) is 1. The van der Waals surface area contributed by atoms with Crippen LogP contribution in [0.5, 0.6) is 0 Å². The lowest BCUT2D eigenvalue weighted by atomic mass is 9.89. The molecule has 0 radical (unpaired) electrons. The molecule has 196 valence electrons. The number of benzene rings is 1. The Labute approximate surface area is 214 Å². The maximum atomic E-state index is 13.6. The molecule has 2 aliphatic heterocycles. The van der Waals surface area contributed by atoms with Gasteiger partial charge in [-0.2, -0.15) is 0 Å². The number of hydrogen-bond acceptors (Lipinski definition) is 8. The van der Waals surface area contributed by atoms with Gasteiger partial charge in [-0.1, -0.05) is 0 Å². The molecule has 0 spiro atoms. The minimum atomic E-state index is -0.802. The summed E-state index contributed by atoms with van der Waals surface area (Å²) in [6.45, 7) is 4.08. The predicted molar refractivity (Wildman–Crippen MR) is 134 cm³/mol. The zero-order valence-electron chi connectivity index (χ0n) is 20.7. The van der Waals surface area contributed by atoms with Gasteiger partial charge in [0.15, 0.2) is 5.82 Å². The molecule has 10 nitrogen and oxygen atoms in total. The van der Waals surface area contributed by atoms with E-state index in [1.807, 2.05) is 11.8 Å². The van der Waals surface area contributed by atoms with E-state index in [9.17, 15) is 9.18 Å². The predicted octanol–water partition coefficient (Wildman–Crippen LogP) is 3.14. The molecule has 0 unspecified atom stereocenters. The van der Waals surface area contributed by atoms with Crippen molar-refractivity contribution in [3.05, 3.63) is 48.2 Å². The van der Waals surface area contributed by atoms with Gasteiger partial charge in [-0.25, -0.2) is 19.3 Å². The number of nitrogens with zero attached hydrogens (tertiary/aromatic N) is 4. The molecule has 3 aromatic rings. The number of rotatable bonds is 7. The topological polar surface area (TPSA) is 125 Å². The zero-order chi connectivity index (χ0) is 25.8. The number of ether oxygens (including phenoxy) is 2. The Bertz CT molecular complexity index is 1220. The second-order valence-corrected chi connectivity index (χ2v) is 9.64. The molecule has 3 N–H and O–H groups in total. The Morgan fingerprint density at radius 3 is 2.59 bits per heavy atom. The van der Waals surface area contributed by atoms with Crippen LogP contribution in [-0.2, 0) is 14.3 Å². The van der Waals surface area contributed by atoms with Crippen LogP contribution in [0.25, 0.3) is 22.6 Å². The van der Waals surface area contributed by atoms with Crippen molar-refractivity contribution in [2.75, 3.05) is 44.8 Å². The maximum Gasteiger partial charge on any atom is 0.233 e. The summed E-state index contributed by atoms with van der Waals surface area (Å²) >= 11 is 0. The number of carbonyl (C=O) groups is 1. The number of nitrogens with one attached hydrogen (secondary N) is 2. The van der Waals surface area contributed by atoms with E-state index in [2.05, 4.69) is 20.3 Å². The maximum absolute atomic E-state index is 13.6. The molecule has 11 heteroatoms. The molecule has 1 aromatic carbocycles.